The van der Waals surface area contributed by atoms with Crippen molar-refractivity contribution in [2.24, 2.45) is 0 Å². The maximum Gasteiger partial charge on any atom is 0.255 e. The molecule has 4 aromatic rings. The van der Waals surface area contributed by atoms with E-state index in [0.29, 0.717) is 57.5 Å². The van der Waals surface area contributed by atoms with Gasteiger partial charge in [-0.3, -0.25) is 4.79 Å². The SMILES string of the molecule is CCCCOc1cccc(C2C(C(=O)Nc3ccccc3OC)=C(C)Nc3nc(SCc4ccccc4F)nn32)c1. The van der Waals surface area contributed by atoms with E-state index >= 15 is 0 Å². The molecular formula is C31H32FN5O3S. The highest BCUT2D eigenvalue weighted by atomic mass is 32.2. The molecule has 0 saturated carbocycles. The number of ether oxygens (including phenoxy) is 2. The van der Waals surface area contributed by atoms with E-state index in [1.54, 1.807) is 42.1 Å². The van der Waals surface area contributed by atoms with Crippen LogP contribution in [-0.4, -0.2) is 34.4 Å². The predicted molar refractivity (Wildman–Crippen MR) is 159 cm³/mol. The van der Waals surface area contributed by atoms with Gasteiger partial charge >= 0.3 is 0 Å². The lowest BCUT2D eigenvalue weighted by Crippen LogP contribution is -2.31. The van der Waals surface area contributed by atoms with Gasteiger partial charge in [-0.25, -0.2) is 9.07 Å². The number of carbonyl (C=O) groups is 1. The number of amides is 1. The van der Waals surface area contributed by atoms with Crippen molar-refractivity contribution in [3.05, 3.63) is 101 Å². The number of nitrogens with one attached hydrogen (secondary N) is 2. The van der Waals surface area contributed by atoms with Crippen LogP contribution in [-0.2, 0) is 10.5 Å². The molecule has 0 aliphatic carbocycles. The van der Waals surface area contributed by atoms with Crippen molar-refractivity contribution < 1.29 is 18.7 Å². The molecule has 212 valence electrons. The van der Waals surface area contributed by atoms with Crippen LogP contribution in [0.25, 0.3) is 0 Å². The lowest BCUT2D eigenvalue weighted by Gasteiger charge is -2.29. The Labute approximate surface area is 243 Å². The van der Waals surface area contributed by atoms with E-state index in [9.17, 15) is 9.18 Å². The molecule has 1 atom stereocenters. The summed E-state index contributed by atoms with van der Waals surface area (Å²) in [7, 11) is 1.56. The van der Waals surface area contributed by atoms with Crippen molar-refractivity contribution in [1.82, 2.24) is 14.8 Å². The van der Waals surface area contributed by atoms with Crippen LogP contribution in [0.3, 0.4) is 0 Å². The molecule has 10 heteroatoms. The lowest BCUT2D eigenvalue weighted by atomic mass is 9.94. The second-order valence-corrected chi connectivity index (χ2v) is 10.5. The van der Waals surface area contributed by atoms with Crippen LogP contribution in [0, 0.1) is 5.82 Å². The first-order valence-electron chi connectivity index (χ1n) is 13.5. The van der Waals surface area contributed by atoms with E-state index in [-0.39, 0.29) is 11.7 Å². The summed E-state index contributed by atoms with van der Waals surface area (Å²) in [5, 5.41) is 11.5. The molecule has 2 heterocycles. The van der Waals surface area contributed by atoms with Gasteiger partial charge in [0.05, 0.1) is 25.0 Å². The van der Waals surface area contributed by atoms with Crippen LogP contribution in [0.15, 0.2) is 89.2 Å². The largest absolute Gasteiger partial charge is 0.495 e. The second kappa shape index (κ2) is 12.9. The number of hydrogen-bond donors (Lipinski definition) is 2. The average molecular weight is 574 g/mol. The third kappa shape index (κ3) is 6.38. The highest BCUT2D eigenvalue weighted by molar-refractivity contribution is 7.98. The van der Waals surface area contributed by atoms with E-state index in [2.05, 4.69) is 22.5 Å². The maximum absolute atomic E-state index is 14.2. The number of hydrogen-bond acceptors (Lipinski definition) is 7. The number of carbonyl (C=O) groups excluding carboxylic acids is 1. The second-order valence-electron chi connectivity index (χ2n) is 9.54. The number of rotatable bonds is 11. The molecule has 1 aliphatic heterocycles. The number of anilines is 2. The zero-order chi connectivity index (χ0) is 28.8. The Bertz CT molecular complexity index is 1570. The Kier molecular flexibility index (Phi) is 8.88. The molecule has 1 unspecified atom stereocenters. The van der Waals surface area contributed by atoms with Crippen LogP contribution in [0.2, 0.25) is 0 Å². The summed E-state index contributed by atoms with van der Waals surface area (Å²) in [5.74, 6) is 1.56. The van der Waals surface area contributed by atoms with E-state index < -0.39 is 6.04 Å². The zero-order valence-electron chi connectivity index (χ0n) is 23.2. The van der Waals surface area contributed by atoms with Crippen molar-refractivity contribution in [3.63, 3.8) is 0 Å². The van der Waals surface area contributed by atoms with Crippen LogP contribution in [0.5, 0.6) is 11.5 Å². The predicted octanol–water partition coefficient (Wildman–Crippen LogP) is 6.82. The number of halogens is 1. The van der Waals surface area contributed by atoms with Gasteiger partial charge in [-0.1, -0.05) is 67.6 Å². The maximum atomic E-state index is 14.2. The first-order chi connectivity index (χ1) is 20.0. The van der Waals surface area contributed by atoms with Gasteiger partial charge in [0.15, 0.2) is 0 Å². The molecule has 5 rings (SSSR count). The van der Waals surface area contributed by atoms with E-state index in [4.69, 9.17) is 14.6 Å². The number of nitrogens with zero attached hydrogens (tertiary/aromatic N) is 3. The van der Waals surface area contributed by atoms with Gasteiger partial charge < -0.3 is 20.1 Å². The van der Waals surface area contributed by atoms with E-state index in [1.807, 2.05) is 43.3 Å². The molecule has 2 N–H and O–H groups in total. The molecule has 0 radical (unpaired) electrons. The minimum atomic E-state index is -0.592. The number of unbranched alkanes of at least 4 members (excludes halogenated alkanes) is 1. The minimum Gasteiger partial charge on any atom is -0.495 e. The summed E-state index contributed by atoms with van der Waals surface area (Å²) in [6, 6.07) is 21.0. The Morgan fingerprint density at radius 2 is 1.93 bits per heavy atom. The van der Waals surface area contributed by atoms with Gasteiger partial charge in [0, 0.05) is 11.4 Å². The van der Waals surface area contributed by atoms with Crippen molar-refractivity contribution in [2.75, 3.05) is 24.4 Å². The fourth-order valence-corrected chi connectivity index (χ4v) is 5.41. The molecule has 8 nitrogen and oxygen atoms in total. The topological polar surface area (TPSA) is 90.3 Å². The van der Waals surface area contributed by atoms with Gasteiger partial charge in [0.1, 0.15) is 23.4 Å². The summed E-state index contributed by atoms with van der Waals surface area (Å²) in [6.07, 6.45) is 1.97. The quantitative estimate of drug-likeness (QED) is 0.150. The number of methoxy groups -OCH3 is 1. The van der Waals surface area contributed by atoms with Crippen LogP contribution < -0.4 is 20.1 Å². The molecule has 1 amide bonds. The molecule has 0 spiro atoms. The summed E-state index contributed by atoms with van der Waals surface area (Å²) in [6.45, 7) is 4.56. The Hall–Kier alpha value is -4.31. The highest BCUT2D eigenvalue weighted by Gasteiger charge is 2.35. The average Bonchev–Trinajstić information content (AvgIpc) is 3.38. The van der Waals surface area contributed by atoms with Crippen LogP contribution in [0.1, 0.15) is 43.9 Å². The van der Waals surface area contributed by atoms with Gasteiger partial charge in [-0.15, -0.1) is 5.10 Å². The van der Waals surface area contributed by atoms with Crippen molar-refractivity contribution in [2.45, 2.75) is 43.6 Å². The normalized spacial score (nSPS) is 14.3. The van der Waals surface area contributed by atoms with Crippen LogP contribution >= 0.6 is 11.8 Å². The first kappa shape index (κ1) is 28.2. The lowest BCUT2D eigenvalue weighted by molar-refractivity contribution is -0.113. The van der Waals surface area contributed by atoms with Gasteiger partial charge in [-0.2, -0.15) is 4.98 Å². The van der Waals surface area contributed by atoms with Crippen molar-refractivity contribution in [1.29, 1.82) is 0 Å². The highest BCUT2D eigenvalue weighted by Crippen LogP contribution is 2.38. The van der Waals surface area contributed by atoms with Gasteiger partial charge in [0.2, 0.25) is 11.1 Å². The number of para-hydroxylation sites is 2. The Morgan fingerprint density at radius 1 is 1.12 bits per heavy atom. The van der Waals surface area contributed by atoms with Gasteiger partial charge in [0.25, 0.3) is 5.91 Å². The minimum absolute atomic E-state index is 0.271. The number of thioether (sulfide) groups is 1. The summed E-state index contributed by atoms with van der Waals surface area (Å²) >= 11 is 1.33. The zero-order valence-corrected chi connectivity index (χ0v) is 24.0. The van der Waals surface area contributed by atoms with Crippen LogP contribution in [0.4, 0.5) is 16.0 Å². The molecular weight excluding hydrogens is 541 g/mol. The summed E-state index contributed by atoms with van der Waals surface area (Å²) in [5.41, 5.74) is 3.07. The number of benzene rings is 3. The standard InChI is InChI=1S/C31H32FN5O3S/c1-4-5-17-40-23-13-10-12-21(18-23)28-27(29(38)34-25-15-8-9-16-26(25)39-3)20(2)33-30-35-31(36-37(28)30)41-19-22-11-6-7-14-24(22)32/h6-16,18,28H,4-5,17,19H2,1-3H3,(H,34,38)(H,33,35,36). The smallest absolute Gasteiger partial charge is 0.255 e. The molecule has 0 saturated heterocycles. The molecule has 1 aromatic heterocycles. The van der Waals surface area contributed by atoms with Crippen molar-refractivity contribution >= 4 is 29.3 Å². The fraction of sp³-hybridized carbons (Fsp3) is 0.258. The van der Waals surface area contributed by atoms with E-state index in [0.717, 1.165) is 18.4 Å². The third-order valence-corrected chi connectivity index (χ3v) is 7.57. The molecule has 0 bridgehead atoms. The monoisotopic (exact) mass is 573 g/mol. The number of aromatic nitrogens is 3. The van der Waals surface area contributed by atoms with Crippen molar-refractivity contribution in [3.8, 4) is 11.5 Å². The third-order valence-electron chi connectivity index (χ3n) is 6.69. The molecule has 0 fully saturated rings. The Balaban J connectivity index is 1.50. The molecule has 1 aliphatic rings. The number of fused-ring (bicyclic) bond motifs is 1. The number of allylic oxidation sites excluding steroid dienone is 1. The summed E-state index contributed by atoms with van der Waals surface area (Å²) in [4.78, 5) is 18.6. The summed E-state index contributed by atoms with van der Waals surface area (Å²) < 4.78 is 27.4. The first-order valence-corrected chi connectivity index (χ1v) is 14.4. The molecule has 41 heavy (non-hydrogen) atoms. The fourth-order valence-electron chi connectivity index (χ4n) is 4.60. The molecule has 3 aromatic carbocycles. The van der Waals surface area contributed by atoms with E-state index in [1.165, 1.54) is 17.8 Å². The Morgan fingerprint density at radius 3 is 2.73 bits per heavy atom. The van der Waals surface area contributed by atoms with Gasteiger partial charge in [-0.05, 0) is 54.8 Å².